The Morgan fingerprint density at radius 1 is 1.27 bits per heavy atom. The second kappa shape index (κ2) is 6.61. The molecule has 2 rings (SSSR count). The minimum Gasteiger partial charge on any atom is -0.383 e. The first-order chi connectivity index (χ1) is 10.3. The summed E-state index contributed by atoms with van der Waals surface area (Å²) >= 11 is 0. The average molecular weight is 351 g/mol. The SMILES string of the molecule is COCCN[C@H]1CS(=O)(=O)C[C@@H]1S(=O)(=O)c1ccc(F)cc1. The van der Waals surface area contributed by atoms with E-state index in [4.69, 9.17) is 4.74 Å². The topological polar surface area (TPSA) is 89.5 Å². The van der Waals surface area contributed by atoms with E-state index in [9.17, 15) is 21.2 Å². The quantitative estimate of drug-likeness (QED) is 0.573. The molecule has 1 N–H and O–H groups in total. The van der Waals surface area contributed by atoms with Crippen LogP contribution in [0.15, 0.2) is 29.2 Å². The number of rotatable bonds is 6. The monoisotopic (exact) mass is 351 g/mol. The van der Waals surface area contributed by atoms with Crippen LogP contribution in [-0.2, 0) is 24.4 Å². The minimum atomic E-state index is -3.86. The molecule has 0 saturated carbocycles. The lowest BCUT2D eigenvalue weighted by atomic mass is 10.2. The predicted molar refractivity (Wildman–Crippen MR) is 79.7 cm³/mol. The van der Waals surface area contributed by atoms with Crippen molar-refractivity contribution in [1.82, 2.24) is 5.32 Å². The molecule has 1 aliphatic heterocycles. The van der Waals surface area contributed by atoms with E-state index in [1.165, 1.54) is 7.11 Å². The smallest absolute Gasteiger partial charge is 0.183 e. The van der Waals surface area contributed by atoms with Crippen molar-refractivity contribution in [1.29, 1.82) is 0 Å². The summed E-state index contributed by atoms with van der Waals surface area (Å²) in [5.41, 5.74) is 0. The third-order valence-corrected chi connectivity index (χ3v) is 7.72. The molecule has 0 bridgehead atoms. The van der Waals surface area contributed by atoms with Gasteiger partial charge in [-0.05, 0) is 24.3 Å². The van der Waals surface area contributed by atoms with Crippen molar-refractivity contribution in [3.63, 3.8) is 0 Å². The molecule has 1 aliphatic rings. The van der Waals surface area contributed by atoms with Gasteiger partial charge in [0, 0.05) is 19.7 Å². The predicted octanol–water partition coefficient (Wildman–Crippen LogP) is 0.00100. The summed E-state index contributed by atoms with van der Waals surface area (Å²) in [5.74, 6) is -1.22. The van der Waals surface area contributed by atoms with Crippen molar-refractivity contribution in [2.45, 2.75) is 16.2 Å². The van der Waals surface area contributed by atoms with Gasteiger partial charge < -0.3 is 10.1 Å². The van der Waals surface area contributed by atoms with Gasteiger partial charge in [0.2, 0.25) is 0 Å². The zero-order valence-corrected chi connectivity index (χ0v) is 13.7. The number of sulfone groups is 2. The highest BCUT2D eigenvalue weighted by Gasteiger charge is 2.45. The largest absolute Gasteiger partial charge is 0.383 e. The van der Waals surface area contributed by atoms with Gasteiger partial charge in [-0.1, -0.05) is 0 Å². The molecule has 2 atom stereocenters. The lowest BCUT2D eigenvalue weighted by Crippen LogP contribution is -2.44. The van der Waals surface area contributed by atoms with Crippen LogP contribution in [0.3, 0.4) is 0 Å². The highest BCUT2D eigenvalue weighted by Crippen LogP contribution is 2.26. The zero-order valence-electron chi connectivity index (χ0n) is 12.0. The van der Waals surface area contributed by atoms with Crippen molar-refractivity contribution in [3.05, 3.63) is 30.1 Å². The van der Waals surface area contributed by atoms with Gasteiger partial charge in [-0.3, -0.25) is 0 Å². The fourth-order valence-electron chi connectivity index (χ4n) is 2.46. The highest BCUT2D eigenvalue weighted by molar-refractivity contribution is 7.96. The Morgan fingerprint density at radius 2 is 1.91 bits per heavy atom. The Labute approximate surface area is 129 Å². The van der Waals surface area contributed by atoms with Crippen LogP contribution >= 0.6 is 0 Å². The Hall–Kier alpha value is -1.03. The Bertz CT molecular complexity index is 715. The number of ether oxygens (including phenoxy) is 1. The van der Waals surface area contributed by atoms with Gasteiger partial charge in [-0.15, -0.1) is 0 Å². The number of nitrogens with one attached hydrogen (secondary N) is 1. The van der Waals surface area contributed by atoms with Crippen LogP contribution in [0.25, 0.3) is 0 Å². The normalized spacial score (nSPS) is 24.5. The van der Waals surface area contributed by atoms with E-state index in [1.807, 2.05) is 0 Å². The van der Waals surface area contributed by atoms with Gasteiger partial charge >= 0.3 is 0 Å². The maximum Gasteiger partial charge on any atom is 0.183 e. The van der Waals surface area contributed by atoms with Crippen molar-refractivity contribution in [2.75, 3.05) is 31.8 Å². The molecule has 22 heavy (non-hydrogen) atoms. The second-order valence-electron chi connectivity index (χ2n) is 5.17. The molecule has 0 spiro atoms. The second-order valence-corrected chi connectivity index (χ2v) is 9.49. The minimum absolute atomic E-state index is 0.0745. The summed E-state index contributed by atoms with van der Waals surface area (Å²) in [5, 5.41) is 1.83. The molecule has 0 amide bonds. The maximum atomic E-state index is 12.9. The van der Waals surface area contributed by atoms with E-state index < -0.39 is 42.5 Å². The van der Waals surface area contributed by atoms with Crippen molar-refractivity contribution >= 4 is 19.7 Å². The van der Waals surface area contributed by atoms with Gasteiger partial charge in [0.1, 0.15) is 5.82 Å². The Morgan fingerprint density at radius 3 is 2.50 bits per heavy atom. The third kappa shape index (κ3) is 3.83. The summed E-state index contributed by atoms with van der Waals surface area (Å²) in [6.07, 6.45) is 0. The number of benzene rings is 1. The van der Waals surface area contributed by atoms with Gasteiger partial charge in [0.15, 0.2) is 19.7 Å². The fourth-order valence-corrected chi connectivity index (χ4v) is 7.17. The van der Waals surface area contributed by atoms with E-state index >= 15 is 0 Å². The van der Waals surface area contributed by atoms with E-state index in [2.05, 4.69) is 5.32 Å². The molecule has 0 aliphatic carbocycles. The van der Waals surface area contributed by atoms with E-state index in [1.54, 1.807) is 0 Å². The molecule has 0 unspecified atom stereocenters. The van der Waals surface area contributed by atoms with Gasteiger partial charge in [0.05, 0.1) is 28.3 Å². The molecule has 6 nitrogen and oxygen atoms in total. The number of methoxy groups -OCH3 is 1. The number of hydrogen-bond donors (Lipinski definition) is 1. The van der Waals surface area contributed by atoms with Crippen LogP contribution in [0, 0.1) is 5.82 Å². The van der Waals surface area contributed by atoms with Crippen LogP contribution < -0.4 is 5.32 Å². The van der Waals surface area contributed by atoms with Crippen molar-refractivity contribution in [3.8, 4) is 0 Å². The van der Waals surface area contributed by atoms with Crippen LogP contribution in [0.2, 0.25) is 0 Å². The standard InChI is InChI=1S/C13H18FNO5S2/c1-20-7-6-15-12-8-21(16,17)9-13(12)22(18,19)11-4-2-10(14)3-5-11/h2-5,12-13,15H,6-9H2,1H3/t12-,13-/m0/s1. The molecule has 1 fully saturated rings. The summed E-state index contributed by atoms with van der Waals surface area (Å²) in [6.45, 7) is 0.700. The summed E-state index contributed by atoms with van der Waals surface area (Å²) in [4.78, 5) is -0.0745. The molecule has 1 heterocycles. The van der Waals surface area contributed by atoms with Crippen LogP contribution in [0.1, 0.15) is 0 Å². The van der Waals surface area contributed by atoms with Crippen LogP contribution in [0.5, 0.6) is 0 Å². The molecular weight excluding hydrogens is 333 g/mol. The third-order valence-electron chi connectivity index (χ3n) is 3.55. The van der Waals surface area contributed by atoms with Crippen molar-refractivity contribution < 1.29 is 26.0 Å². The Balaban J connectivity index is 2.28. The summed E-state index contributed by atoms with van der Waals surface area (Å²) < 4.78 is 66.7. The molecule has 1 aromatic carbocycles. The number of hydrogen-bond acceptors (Lipinski definition) is 6. The lowest BCUT2D eigenvalue weighted by molar-refractivity contribution is 0.196. The molecule has 0 radical (unpaired) electrons. The summed E-state index contributed by atoms with van der Waals surface area (Å²) in [7, 11) is -5.80. The summed E-state index contributed by atoms with van der Waals surface area (Å²) in [6, 6.07) is 3.70. The Kier molecular flexibility index (Phi) is 5.21. The zero-order chi connectivity index (χ0) is 16.4. The highest BCUT2D eigenvalue weighted by atomic mass is 32.2. The molecule has 124 valence electrons. The molecule has 9 heteroatoms. The van der Waals surface area contributed by atoms with Gasteiger partial charge in [0.25, 0.3) is 0 Å². The molecule has 0 aromatic heterocycles. The maximum absolute atomic E-state index is 12.9. The van der Waals surface area contributed by atoms with E-state index in [0.29, 0.717) is 13.2 Å². The van der Waals surface area contributed by atoms with Crippen molar-refractivity contribution in [2.24, 2.45) is 0 Å². The average Bonchev–Trinajstić information content (AvgIpc) is 2.75. The fraction of sp³-hybridized carbons (Fsp3) is 0.538. The first kappa shape index (κ1) is 17.3. The number of halogens is 1. The molecular formula is C13H18FNO5S2. The first-order valence-corrected chi connectivity index (χ1v) is 10.1. The van der Waals surface area contributed by atoms with Gasteiger partial charge in [-0.25, -0.2) is 21.2 Å². The van der Waals surface area contributed by atoms with Crippen LogP contribution in [0.4, 0.5) is 4.39 Å². The molecule has 1 aromatic rings. The first-order valence-electron chi connectivity index (χ1n) is 6.68. The lowest BCUT2D eigenvalue weighted by Gasteiger charge is -2.19. The van der Waals surface area contributed by atoms with Gasteiger partial charge in [-0.2, -0.15) is 0 Å². The van der Waals surface area contributed by atoms with E-state index in [0.717, 1.165) is 24.3 Å². The molecule has 1 saturated heterocycles. The van der Waals surface area contributed by atoms with Crippen LogP contribution in [-0.4, -0.2) is 59.9 Å². The van der Waals surface area contributed by atoms with E-state index in [-0.39, 0.29) is 10.6 Å².